The molecule has 36 heavy (non-hydrogen) atoms. The minimum Gasteiger partial charge on any atom is -0.490 e. The Balaban J connectivity index is 1.74. The summed E-state index contributed by atoms with van der Waals surface area (Å²) in [7, 11) is 0. The second-order valence-corrected chi connectivity index (χ2v) is 9.29. The van der Waals surface area contributed by atoms with Gasteiger partial charge in [0.15, 0.2) is 17.6 Å². The molecule has 8 heteroatoms. The number of rotatable bonds is 13. The molecule has 1 aromatic heterocycles. The number of halogens is 1. The molecule has 0 N–H and O–H groups in total. The van der Waals surface area contributed by atoms with E-state index in [0.29, 0.717) is 24.9 Å². The van der Waals surface area contributed by atoms with Crippen molar-refractivity contribution in [2.24, 2.45) is 0 Å². The maximum Gasteiger partial charge on any atom is 0.335 e. The summed E-state index contributed by atoms with van der Waals surface area (Å²) in [4.78, 5) is 16.9. The molecule has 0 aliphatic heterocycles. The second-order valence-electron chi connectivity index (χ2n) is 8.43. The number of ether oxygens (including phenoxy) is 4. The molecule has 0 fully saturated rings. The van der Waals surface area contributed by atoms with Crippen molar-refractivity contribution in [3.8, 4) is 22.1 Å². The maximum atomic E-state index is 15.0. The Morgan fingerprint density at radius 1 is 1.00 bits per heavy atom. The van der Waals surface area contributed by atoms with E-state index in [2.05, 4.69) is 43.1 Å². The highest BCUT2D eigenvalue weighted by atomic mass is 32.1. The lowest BCUT2D eigenvalue weighted by atomic mass is 10.0. The van der Waals surface area contributed by atoms with Crippen LogP contribution in [0.4, 0.5) is 4.39 Å². The molecule has 0 radical (unpaired) electrons. The molecule has 3 aromatic rings. The topological polar surface area (TPSA) is 66.9 Å². The van der Waals surface area contributed by atoms with Gasteiger partial charge < -0.3 is 18.9 Å². The third-order valence-electron chi connectivity index (χ3n) is 5.49. The zero-order valence-corrected chi connectivity index (χ0v) is 22.3. The highest BCUT2D eigenvalue weighted by Crippen LogP contribution is 2.33. The van der Waals surface area contributed by atoms with Crippen LogP contribution in [0, 0.1) is 5.82 Å². The SMILES string of the molecule is CCOC(=O)C(Cc1cc(OCC)c(OCc2csc(-c3ccc(C(C)C)cc3)n2)cc1F)OCC. The fourth-order valence-electron chi connectivity index (χ4n) is 3.63. The Morgan fingerprint density at radius 3 is 2.36 bits per heavy atom. The fourth-order valence-corrected chi connectivity index (χ4v) is 4.44. The zero-order valence-electron chi connectivity index (χ0n) is 21.5. The highest BCUT2D eigenvalue weighted by Gasteiger charge is 2.24. The van der Waals surface area contributed by atoms with Crippen LogP contribution in [-0.2, 0) is 27.3 Å². The van der Waals surface area contributed by atoms with E-state index in [0.717, 1.165) is 16.3 Å². The summed E-state index contributed by atoms with van der Waals surface area (Å²) < 4.78 is 37.2. The lowest BCUT2D eigenvalue weighted by Gasteiger charge is -2.18. The van der Waals surface area contributed by atoms with E-state index in [1.165, 1.54) is 23.0 Å². The highest BCUT2D eigenvalue weighted by molar-refractivity contribution is 7.13. The van der Waals surface area contributed by atoms with Crippen molar-refractivity contribution in [3.05, 3.63) is 64.4 Å². The Kier molecular flexibility index (Phi) is 10.3. The van der Waals surface area contributed by atoms with E-state index in [4.69, 9.17) is 18.9 Å². The molecule has 1 atom stereocenters. The number of hydrogen-bond acceptors (Lipinski definition) is 7. The van der Waals surface area contributed by atoms with Crippen molar-refractivity contribution in [1.82, 2.24) is 4.98 Å². The normalized spacial score (nSPS) is 12.0. The van der Waals surface area contributed by atoms with Crippen molar-refractivity contribution in [3.63, 3.8) is 0 Å². The van der Waals surface area contributed by atoms with Gasteiger partial charge in [0.1, 0.15) is 17.4 Å². The van der Waals surface area contributed by atoms with E-state index in [1.807, 2.05) is 12.3 Å². The van der Waals surface area contributed by atoms with Gasteiger partial charge in [-0.15, -0.1) is 11.3 Å². The summed E-state index contributed by atoms with van der Waals surface area (Å²) >= 11 is 1.54. The molecule has 1 heterocycles. The largest absolute Gasteiger partial charge is 0.490 e. The lowest BCUT2D eigenvalue weighted by Crippen LogP contribution is -2.29. The Labute approximate surface area is 216 Å². The summed E-state index contributed by atoms with van der Waals surface area (Å²) in [5.74, 6) is 0.119. The molecule has 0 amide bonds. The minimum atomic E-state index is -0.895. The van der Waals surface area contributed by atoms with Crippen molar-refractivity contribution in [2.45, 2.75) is 59.7 Å². The van der Waals surface area contributed by atoms with E-state index < -0.39 is 17.9 Å². The average Bonchev–Trinajstić information content (AvgIpc) is 3.34. The van der Waals surface area contributed by atoms with Gasteiger partial charge in [-0.2, -0.15) is 0 Å². The predicted octanol–water partition coefficient (Wildman–Crippen LogP) is 6.56. The van der Waals surface area contributed by atoms with Crippen LogP contribution in [0.15, 0.2) is 41.8 Å². The van der Waals surface area contributed by atoms with E-state index in [1.54, 1.807) is 19.9 Å². The van der Waals surface area contributed by atoms with Crippen LogP contribution in [0.5, 0.6) is 11.5 Å². The number of benzene rings is 2. The molecule has 6 nitrogen and oxygen atoms in total. The molecule has 1 unspecified atom stereocenters. The number of hydrogen-bond donors (Lipinski definition) is 0. The van der Waals surface area contributed by atoms with Crippen molar-refractivity contribution >= 4 is 17.3 Å². The quantitative estimate of drug-likeness (QED) is 0.240. The molecular weight excluding hydrogens is 481 g/mol. The maximum absolute atomic E-state index is 15.0. The first kappa shape index (κ1) is 27.6. The van der Waals surface area contributed by atoms with E-state index in [9.17, 15) is 4.79 Å². The molecule has 194 valence electrons. The van der Waals surface area contributed by atoms with Gasteiger partial charge in [-0.25, -0.2) is 14.2 Å². The lowest BCUT2D eigenvalue weighted by molar-refractivity contribution is -0.156. The molecule has 0 saturated heterocycles. The first-order valence-corrected chi connectivity index (χ1v) is 13.1. The summed E-state index contributed by atoms with van der Waals surface area (Å²) in [5, 5.41) is 2.83. The van der Waals surface area contributed by atoms with E-state index in [-0.39, 0.29) is 30.9 Å². The van der Waals surface area contributed by atoms with Crippen LogP contribution in [-0.4, -0.2) is 36.9 Å². The third-order valence-corrected chi connectivity index (χ3v) is 6.43. The van der Waals surface area contributed by atoms with Crippen LogP contribution in [0.25, 0.3) is 10.6 Å². The van der Waals surface area contributed by atoms with Crippen molar-refractivity contribution < 1.29 is 28.1 Å². The molecule has 0 spiro atoms. The third kappa shape index (κ3) is 7.27. The Bertz CT molecular complexity index is 1130. The molecule has 2 aromatic carbocycles. The summed E-state index contributed by atoms with van der Waals surface area (Å²) in [6, 6.07) is 11.2. The minimum absolute atomic E-state index is 0.0317. The number of aromatic nitrogens is 1. The van der Waals surface area contributed by atoms with Gasteiger partial charge in [0, 0.05) is 30.0 Å². The summed E-state index contributed by atoms with van der Waals surface area (Å²) in [6.07, 6.45) is -0.863. The standard InChI is InChI=1S/C28H34FNO5S/c1-6-32-24-13-21(14-26(33-7-2)28(31)34-8-3)23(29)15-25(24)35-16-22-17-36-27(30-22)20-11-9-19(10-12-20)18(4)5/h9-13,15,17-18,26H,6-8,14,16H2,1-5H3. The molecule has 3 rings (SSSR count). The Morgan fingerprint density at radius 2 is 1.72 bits per heavy atom. The van der Waals surface area contributed by atoms with Crippen LogP contribution in [0.3, 0.4) is 0 Å². The zero-order chi connectivity index (χ0) is 26.1. The van der Waals surface area contributed by atoms with Gasteiger partial charge in [0.05, 0.1) is 18.9 Å². The number of nitrogens with zero attached hydrogens (tertiary/aromatic N) is 1. The number of thiazole rings is 1. The van der Waals surface area contributed by atoms with Gasteiger partial charge in [0.2, 0.25) is 0 Å². The second kappa shape index (κ2) is 13.4. The monoisotopic (exact) mass is 515 g/mol. The fraction of sp³-hybridized carbons (Fsp3) is 0.429. The van der Waals surface area contributed by atoms with Crippen LogP contribution >= 0.6 is 11.3 Å². The van der Waals surface area contributed by atoms with Crippen LogP contribution < -0.4 is 9.47 Å². The van der Waals surface area contributed by atoms with Crippen LogP contribution in [0.1, 0.15) is 57.4 Å². The van der Waals surface area contributed by atoms with Crippen molar-refractivity contribution in [1.29, 1.82) is 0 Å². The summed E-state index contributed by atoms with van der Waals surface area (Å²) in [6.45, 7) is 10.7. The van der Waals surface area contributed by atoms with Crippen LogP contribution in [0.2, 0.25) is 0 Å². The van der Waals surface area contributed by atoms with E-state index >= 15 is 4.39 Å². The predicted molar refractivity (Wildman–Crippen MR) is 139 cm³/mol. The van der Waals surface area contributed by atoms with Gasteiger partial charge in [0.25, 0.3) is 0 Å². The van der Waals surface area contributed by atoms with Gasteiger partial charge >= 0.3 is 5.97 Å². The van der Waals surface area contributed by atoms with Gasteiger partial charge in [-0.1, -0.05) is 38.1 Å². The smallest absolute Gasteiger partial charge is 0.335 e. The average molecular weight is 516 g/mol. The van der Waals surface area contributed by atoms with Gasteiger partial charge in [-0.3, -0.25) is 0 Å². The molecule has 0 aliphatic rings. The molecule has 0 aliphatic carbocycles. The first-order chi connectivity index (χ1) is 17.4. The number of carbonyl (C=O) groups is 1. The molecule has 0 bridgehead atoms. The summed E-state index contributed by atoms with van der Waals surface area (Å²) in [5.41, 5.74) is 3.36. The first-order valence-electron chi connectivity index (χ1n) is 12.3. The molecular formula is C28H34FNO5S. The molecule has 0 saturated carbocycles. The number of carbonyl (C=O) groups excluding carboxylic acids is 1. The van der Waals surface area contributed by atoms with Gasteiger partial charge in [-0.05, 0) is 43.9 Å². The Hall–Kier alpha value is -2.97. The number of esters is 1. The van der Waals surface area contributed by atoms with Crippen molar-refractivity contribution in [2.75, 3.05) is 19.8 Å².